The number of nitrogens with one attached hydrogen (secondary N) is 1. The molecule has 1 N–H and O–H groups in total. The van der Waals surface area contributed by atoms with Crippen LogP contribution in [-0.2, 0) is 37.5 Å². The van der Waals surface area contributed by atoms with Gasteiger partial charge in [-0.15, -0.1) is 0 Å². The standard InChI is InChI=1S/C19H27FN2O.C7H8.Y/c1-4-22(10-5-6-11-22)19(8-7-9-19)18(23)21-17-14(2)12-16(20)13-15(17)3;1-7-5-3-2-4-6-7;/h12-13H,4-11H2,1-3H3;2-6H,1H3;/p+1. The number of benzene rings is 2. The van der Waals surface area contributed by atoms with Crippen LogP contribution in [0.1, 0.15) is 55.7 Å². The van der Waals surface area contributed by atoms with Gasteiger partial charge in [0.05, 0.1) is 19.6 Å². The van der Waals surface area contributed by atoms with Crippen molar-refractivity contribution >= 4 is 11.6 Å². The van der Waals surface area contributed by atoms with Crippen molar-refractivity contribution in [3.63, 3.8) is 0 Å². The van der Waals surface area contributed by atoms with E-state index >= 15 is 0 Å². The number of carbonyl (C=O) groups is 1. The first-order chi connectivity index (χ1) is 14.3. The van der Waals surface area contributed by atoms with Gasteiger partial charge in [-0.1, -0.05) is 35.9 Å². The molecule has 0 aromatic heterocycles. The zero-order valence-corrected chi connectivity index (χ0v) is 22.3. The first-order valence-corrected chi connectivity index (χ1v) is 11.3. The Hall–Kier alpha value is -1.10. The molecule has 0 bridgehead atoms. The molecule has 1 saturated carbocycles. The first kappa shape index (κ1) is 26.2. The summed E-state index contributed by atoms with van der Waals surface area (Å²) in [4.78, 5) is 13.2. The molecule has 5 heteroatoms. The van der Waals surface area contributed by atoms with Crippen molar-refractivity contribution in [2.75, 3.05) is 25.0 Å². The summed E-state index contributed by atoms with van der Waals surface area (Å²) in [7, 11) is 0. The third-order valence-corrected chi connectivity index (χ3v) is 7.22. The number of rotatable bonds is 4. The summed E-state index contributed by atoms with van der Waals surface area (Å²) in [6, 6.07) is 13.3. The van der Waals surface area contributed by atoms with Crippen LogP contribution in [0.25, 0.3) is 0 Å². The maximum Gasteiger partial charge on any atom is 0.285 e. The van der Waals surface area contributed by atoms with E-state index in [1.807, 2.05) is 32.0 Å². The fraction of sp³-hybridized carbons (Fsp3) is 0.500. The molecular weight excluding hydrogens is 464 g/mol. The van der Waals surface area contributed by atoms with Crippen molar-refractivity contribution in [2.24, 2.45) is 0 Å². The van der Waals surface area contributed by atoms with E-state index in [0.717, 1.165) is 60.2 Å². The number of likely N-dealkylation sites (tertiary alicyclic amines) is 1. The fourth-order valence-corrected chi connectivity index (χ4v) is 5.29. The third kappa shape index (κ3) is 5.46. The van der Waals surface area contributed by atoms with E-state index < -0.39 is 0 Å². The van der Waals surface area contributed by atoms with Crippen LogP contribution in [-0.4, -0.2) is 35.6 Å². The molecule has 0 spiro atoms. The smallest absolute Gasteiger partial charge is 0.285 e. The van der Waals surface area contributed by atoms with Crippen LogP contribution in [0.5, 0.6) is 0 Å². The van der Waals surface area contributed by atoms with Gasteiger partial charge in [-0.25, -0.2) is 4.39 Å². The maximum absolute atomic E-state index is 13.5. The van der Waals surface area contributed by atoms with E-state index in [4.69, 9.17) is 0 Å². The zero-order valence-electron chi connectivity index (χ0n) is 19.5. The molecule has 1 aliphatic carbocycles. The van der Waals surface area contributed by atoms with Crippen LogP contribution in [0.15, 0.2) is 42.5 Å². The summed E-state index contributed by atoms with van der Waals surface area (Å²) in [6.07, 6.45) is 5.53. The number of anilines is 1. The second-order valence-corrected chi connectivity index (χ2v) is 9.02. The number of quaternary nitrogens is 1. The molecule has 0 atom stereocenters. The summed E-state index contributed by atoms with van der Waals surface area (Å²) >= 11 is 0. The van der Waals surface area contributed by atoms with E-state index in [2.05, 4.69) is 31.3 Å². The molecule has 1 saturated heterocycles. The molecule has 2 aromatic carbocycles. The van der Waals surface area contributed by atoms with Crippen molar-refractivity contribution in [3.05, 3.63) is 65.0 Å². The maximum atomic E-state index is 13.5. The van der Waals surface area contributed by atoms with Crippen LogP contribution < -0.4 is 5.32 Å². The zero-order chi connectivity index (χ0) is 21.8. The number of likely N-dealkylation sites (N-methyl/N-ethyl adjacent to an activating group) is 1. The normalized spacial score (nSPS) is 18.1. The Morgan fingerprint density at radius 2 is 1.55 bits per heavy atom. The van der Waals surface area contributed by atoms with Gasteiger partial charge in [0.2, 0.25) is 0 Å². The number of hydrogen-bond donors (Lipinski definition) is 1. The molecular formula is C26H36FN2OY+. The molecule has 1 aliphatic heterocycles. The molecule has 2 aromatic rings. The molecule has 2 fully saturated rings. The average Bonchev–Trinajstić information content (AvgIpc) is 3.15. The quantitative estimate of drug-likeness (QED) is 0.519. The summed E-state index contributed by atoms with van der Waals surface area (Å²) in [5, 5.41) is 3.16. The van der Waals surface area contributed by atoms with Crippen LogP contribution in [0.2, 0.25) is 0 Å². The number of halogens is 1. The largest absolute Gasteiger partial charge is 0.320 e. The topological polar surface area (TPSA) is 29.1 Å². The predicted molar refractivity (Wildman–Crippen MR) is 122 cm³/mol. The predicted octanol–water partition coefficient (Wildman–Crippen LogP) is 5.93. The van der Waals surface area contributed by atoms with Gasteiger partial charge >= 0.3 is 0 Å². The Kier molecular flexibility index (Phi) is 9.42. The molecule has 1 heterocycles. The van der Waals surface area contributed by atoms with Crippen LogP contribution in [0, 0.1) is 26.6 Å². The molecule has 1 radical (unpaired) electrons. The van der Waals surface area contributed by atoms with E-state index in [1.165, 1.54) is 30.5 Å². The van der Waals surface area contributed by atoms with Crippen molar-refractivity contribution in [3.8, 4) is 0 Å². The molecule has 0 unspecified atom stereocenters. The van der Waals surface area contributed by atoms with Crippen molar-refractivity contribution in [1.82, 2.24) is 0 Å². The minimum atomic E-state index is -0.265. The number of nitrogens with zero attached hydrogens (tertiary/aromatic N) is 1. The second kappa shape index (κ2) is 11.2. The Morgan fingerprint density at radius 3 is 1.94 bits per heavy atom. The third-order valence-electron chi connectivity index (χ3n) is 7.22. The Bertz CT molecular complexity index is 851. The molecule has 165 valence electrons. The van der Waals surface area contributed by atoms with E-state index in [9.17, 15) is 9.18 Å². The van der Waals surface area contributed by atoms with Gasteiger partial charge in [-0.3, -0.25) is 4.79 Å². The SMILES string of the molecule is CC[N+]1(C2(C(=O)Nc3c(C)cc(F)cc3C)CCC2)CCCC1.Cc1ccccc1.[Y]. The van der Waals surface area contributed by atoms with Gasteiger partial charge in [0.1, 0.15) is 5.82 Å². The summed E-state index contributed by atoms with van der Waals surface area (Å²) in [6.45, 7) is 11.3. The van der Waals surface area contributed by atoms with Gasteiger partial charge in [0.15, 0.2) is 5.54 Å². The minimum absolute atomic E-state index is 0. The van der Waals surface area contributed by atoms with Gasteiger partial charge in [-0.2, -0.15) is 0 Å². The van der Waals surface area contributed by atoms with Crippen LogP contribution >= 0.6 is 0 Å². The molecule has 4 rings (SSSR count). The summed E-state index contributed by atoms with van der Waals surface area (Å²) in [5.74, 6) is -0.0988. The Morgan fingerprint density at radius 1 is 1.00 bits per heavy atom. The molecule has 3 nitrogen and oxygen atoms in total. The molecule has 31 heavy (non-hydrogen) atoms. The number of aryl methyl sites for hydroxylation is 3. The summed E-state index contributed by atoms with van der Waals surface area (Å²) in [5.41, 5.74) is 3.45. The monoisotopic (exact) mass is 500 g/mol. The number of hydrogen-bond acceptors (Lipinski definition) is 1. The van der Waals surface area contributed by atoms with Crippen molar-refractivity contribution in [1.29, 1.82) is 0 Å². The van der Waals surface area contributed by atoms with Crippen LogP contribution in [0.4, 0.5) is 10.1 Å². The van der Waals surface area contributed by atoms with Gasteiger partial charge in [-0.05, 0) is 57.4 Å². The Labute approximate surface area is 212 Å². The first-order valence-electron chi connectivity index (χ1n) is 11.3. The van der Waals surface area contributed by atoms with Gasteiger partial charge in [0, 0.05) is 64.1 Å². The number of amides is 1. The van der Waals surface area contributed by atoms with E-state index in [0.29, 0.717) is 0 Å². The van der Waals surface area contributed by atoms with Gasteiger partial charge in [0.25, 0.3) is 5.91 Å². The Balaban J connectivity index is 0.000000364. The van der Waals surface area contributed by atoms with Crippen LogP contribution in [0.3, 0.4) is 0 Å². The van der Waals surface area contributed by atoms with Gasteiger partial charge < -0.3 is 9.80 Å². The second-order valence-electron chi connectivity index (χ2n) is 9.02. The van der Waals surface area contributed by atoms with Crippen molar-refractivity contribution in [2.45, 2.75) is 65.3 Å². The molecule has 1 amide bonds. The fourth-order valence-electron chi connectivity index (χ4n) is 5.29. The summed E-state index contributed by atoms with van der Waals surface area (Å²) < 4.78 is 14.4. The van der Waals surface area contributed by atoms with Crippen molar-refractivity contribution < 1.29 is 46.4 Å². The van der Waals surface area contributed by atoms with E-state index in [-0.39, 0.29) is 50.0 Å². The number of carbonyl (C=O) groups excluding carboxylic acids is 1. The molecule has 2 aliphatic rings. The van der Waals surface area contributed by atoms with E-state index in [1.54, 1.807) is 0 Å². The average molecular weight is 500 g/mol. The minimum Gasteiger partial charge on any atom is -0.320 e.